The van der Waals surface area contributed by atoms with Gasteiger partial charge in [0.1, 0.15) is 19.3 Å². The van der Waals surface area contributed by atoms with Crippen LogP contribution in [0.3, 0.4) is 0 Å². The fourth-order valence-electron chi connectivity index (χ4n) is 10.0. The highest BCUT2D eigenvalue weighted by molar-refractivity contribution is 7.47. The lowest BCUT2D eigenvalue weighted by molar-refractivity contribution is -0.161. The van der Waals surface area contributed by atoms with Gasteiger partial charge in [-0.1, -0.05) is 252 Å². The standard InChI is InChI=1S/C81H138O17P2/c1-5-9-13-17-21-25-29-33-36-37-40-43-46-50-54-58-62-66-79(84)92-72-77(98-81(86)68-64-60-56-52-48-44-39-35-31-27-23-19-15-11-7-3)74-96-100(89,90)94-70-75(82)69-93-99(87,88)95-73-76(97-80(85)67-63-59-55-51-47-41-32-28-24-20-16-12-8-4)71-91-78(83)65-61-57-53-49-45-42-38-34-30-26-22-18-14-10-6-2/h9-10,13-14,21-23,25-28,32-36,38-40,43,75-77,82H,5-8,11-12,15-20,24,29-31,37,41-42,44-74H2,1-4H3,(H,87,88)(H,89,90)/b13-9-,14-10-,25-21-,26-22-,27-23-,32-28-,36-33-,38-34-,39-35-,43-40-. The largest absolute Gasteiger partial charge is 0.472 e. The molecular formula is C81H138O17P2. The van der Waals surface area contributed by atoms with Crippen molar-refractivity contribution >= 4 is 39.5 Å². The van der Waals surface area contributed by atoms with Crippen LogP contribution in [0.1, 0.15) is 310 Å². The number of carbonyl (C=O) groups excluding carboxylic acids is 4. The van der Waals surface area contributed by atoms with E-state index in [1.807, 2.05) is 0 Å². The zero-order valence-corrected chi connectivity index (χ0v) is 64.4. The summed E-state index contributed by atoms with van der Waals surface area (Å²) < 4.78 is 68.5. The van der Waals surface area contributed by atoms with Gasteiger partial charge in [-0.15, -0.1) is 0 Å². The molecule has 100 heavy (non-hydrogen) atoms. The number of aliphatic hydroxyl groups is 1. The molecule has 0 aliphatic rings. The molecule has 0 spiro atoms. The van der Waals surface area contributed by atoms with Crippen molar-refractivity contribution in [3.8, 4) is 0 Å². The Hall–Kier alpha value is -4.54. The Morgan fingerprint density at radius 3 is 0.830 bits per heavy atom. The number of hydrogen-bond donors (Lipinski definition) is 3. The molecule has 17 nitrogen and oxygen atoms in total. The van der Waals surface area contributed by atoms with Crippen LogP contribution >= 0.6 is 15.6 Å². The molecule has 0 aliphatic carbocycles. The minimum Gasteiger partial charge on any atom is -0.462 e. The number of carbonyl (C=O) groups is 4. The SMILES string of the molecule is CC/C=C\C/C=C\C/C=C\C/C=C\CCCCCCC(=O)OCC(COP(=O)(O)OCC(O)COP(=O)(O)OCC(COC(=O)CCCCCCC/C=C\C/C=C\C/C=C\CC)OC(=O)CCCCCCC/C=C\CCCCCC)OC(=O)CCCCCCC/C=C\C/C=C\CCCCC. The normalized spacial score (nSPS) is 14.6. The molecule has 0 saturated carbocycles. The summed E-state index contributed by atoms with van der Waals surface area (Å²) in [5, 5.41) is 10.6. The maximum absolute atomic E-state index is 13.1. The highest BCUT2D eigenvalue weighted by atomic mass is 31.2. The van der Waals surface area contributed by atoms with Crippen molar-refractivity contribution < 1.29 is 80.2 Å². The summed E-state index contributed by atoms with van der Waals surface area (Å²) in [6.07, 6.45) is 78.9. The van der Waals surface area contributed by atoms with Crippen molar-refractivity contribution in [1.82, 2.24) is 0 Å². The summed E-state index contributed by atoms with van der Waals surface area (Å²) in [5.74, 6) is -2.24. The highest BCUT2D eigenvalue weighted by Gasteiger charge is 2.30. The predicted octanol–water partition coefficient (Wildman–Crippen LogP) is 22.3. The fourth-order valence-corrected chi connectivity index (χ4v) is 11.6. The monoisotopic (exact) mass is 1440 g/mol. The molecule has 0 amide bonds. The van der Waals surface area contributed by atoms with Crippen LogP contribution in [0.2, 0.25) is 0 Å². The molecule has 0 bridgehead atoms. The van der Waals surface area contributed by atoms with Crippen molar-refractivity contribution in [2.24, 2.45) is 0 Å². The van der Waals surface area contributed by atoms with Crippen LogP contribution in [-0.4, -0.2) is 96.7 Å². The Balaban J connectivity index is 5.40. The third-order valence-corrected chi connectivity index (χ3v) is 17.8. The summed E-state index contributed by atoms with van der Waals surface area (Å²) >= 11 is 0. The van der Waals surface area contributed by atoms with Crippen LogP contribution in [0.5, 0.6) is 0 Å². The molecule has 0 aromatic rings. The molecule has 574 valence electrons. The van der Waals surface area contributed by atoms with E-state index in [-0.39, 0.29) is 25.7 Å². The zero-order valence-electron chi connectivity index (χ0n) is 62.6. The topological polar surface area (TPSA) is 237 Å². The van der Waals surface area contributed by atoms with E-state index in [1.165, 1.54) is 44.9 Å². The summed E-state index contributed by atoms with van der Waals surface area (Å²) in [6.45, 7) is 4.54. The van der Waals surface area contributed by atoms with Crippen LogP contribution in [0, 0.1) is 0 Å². The van der Waals surface area contributed by atoms with Gasteiger partial charge in [0, 0.05) is 25.7 Å². The maximum Gasteiger partial charge on any atom is 0.472 e. The molecule has 0 rings (SSSR count). The molecule has 0 aliphatic heterocycles. The van der Waals surface area contributed by atoms with E-state index < -0.39 is 97.5 Å². The van der Waals surface area contributed by atoms with Crippen LogP contribution in [0.15, 0.2) is 122 Å². The number of ether oxygens (including phenoxy) is 4. The van der Waals surface area contributed by atoms with E-state index >= 15 is 0 Å². The second-order valence-electron chi connectivity index (χ2n) is 25.5. The number of hydrogen-bond acceptors (Lipinski definition) is 15. The predicted molar refractivity (Wildman–Crippen MR) is 408 cm³/mol. The van der Waals surface area contributed by atoms with Gasteiger partial charge in [-0.2, -0.15) is 0 Å². The van der Waals surface area contributed by atoms with Crippen LogP contribution in [0.25, 0.3) is 0 Å². The summed E-state index contributed by atoms with van der Waals surface area (Å²) in [4.78, 5) is 72.9. The van der Waals surface area contributed by atoms with E-state index in [2.05, 4.69) is 149 Å². The van der Waals surface area contributed by atoms with Crippen LogP contribution < -0.4 is 0 Å². The lowest BCUT2D eigenvalue weighted by Crippen LogP contribution is -2.30. The number of aliphatic hydroxyl groups excluding tert-OH is 1. The Morgan fingerprint density at radius 2 is 0.520 bits per heavy atom. The van der Waals surface area contributed by atoms with E-state index in [9.17, 15) is 43.2 Å². The van der Waals surface area contributed by atoms with E-state index in [4.69, 9.17) is 37.0 Å². The molecule has 0 heterocycles. The molecule has 0 aromatic heterocycles. The number of phosphoric acid groups is 2. The van der Waals surface area contributed by atoms with Gasteiger partial charge >= 0.3 is 39.5 Å². The molecule has 0 radical (unpaired) electrons. The van der Waals surface area contributed by atoms with Crippen LogP contribution in [0.4, 0.5) is 0 Å². The van der Waals surface area contributed by atoms with Crippen molar-refractivity contribution in [1.29, 1.82) is 0 Å². The first-order chi connectivity index (χ1) is 48.7. The molecule has 3 N–H and O–H groups in total. The third-order valence-electron chi connectivity index (χ3n) is 15.9. The molecule has 19 heteroatoms. The lowest BCUT2D eigenvalue weighted by Gasteiger charge is -2.21. The van der Waals surface area contributed by atoms with Crippen molar-refractivity contribution in [2.45, 2.75) is 329 Å². The highest BCUT2D eigenvalue weighted by Crippen LogP contribution is 2.45. The smallest absolute Gasteiger partial charge is 0.462 e. The molecule has 5 atom stereocenters. The van der Waals surface area contributed by atoms with Gasteiger partial charge in [0.15, 0.2) is 12.2 Å². The molecule has 5 unspecified atom stereocenters. The van der Waals surface area contributed by atoms with Crippen LogP contribution in [-0.2, 0) is 65.4 Å². The maximum atomic E-state index is 13.1. The second-order valence-corrected chi connectivity index (χ2v) is 28.4. The fraction of sp³-hybridized carbons (Fsp3) is 0.704. The van der Waals surface area contributed by atoms with Crippen molar-refractivity contribution in [2.75, 3.05) is 39.6 Å². The first-order valence-corrected chi connectivity index (χ1v) is 41.8. The summed E-state index contributed by atoms with van der Waals surface area (Å²) in [6, 6.07) is 0. The molecule has 0 saturated heterocycles. The van der Waals surface area contributed by atoms with Gasteiger partial charge in [0.05, 0.1) is 26.4 Å². The molecule has 0 aromatic carbocycles. The van der Waals surface area contributed by atoms with E-state index in [1.54, 1.807) is 0 Å². The summed E-state index contributed by atoms with van der Waals surface area (Å²) in [7, 11) is -9.97. The van der Waals surface area contributed by atoms with Gasteiger partial charge in [0.2, 0.25) is 0 Å². The Morgan fingerprint density at radius 1 is 0.290 bits per heavy atom. The Bertz CT molecular complexity index is 2370. The first kappa shape index (κ1) is 95.5. The van der Waals surface area contributed by atoms with E-state index in [0.29, 0.717) is 25.7 Å². The third kappa shape index (κ3) is 71.8. The number of esters is 4. The van der Waals surface area contributed by atoms with E-state index in [0.717, 1.165) is 186 Å². The Labute approximate surface area is 606 Å². The quantitative estimate of drug-likeness (QED) is 0.0169. The minimum absolute atomic E-state index is 0.0708. The van der Waals surface area contributed by atoms with Crippen molar-refractivity contribution in [3.05, 3.63) is 122 Å². The van der Waals surface area contributed by atoms with Gasteiger partial charge < -0.3 is 33.8 Å². The summed E-state index contributed by atoms with van der Waals surface area (Å²) in [5.41, 5.74) is 0. The number of rotatable bonds is 72. The van der Waals surface area contributed by atoms with Crippen molar-refractivity contribution in [3.63, 3.8) is 0 Å². The lowest BCUT2D eigenvalue weighted by atomic mass is 10.1. The van der Waals surface area contributed by atoms with Gasteiger partial charge in [-0.25, -0.2) is 9.13 Å². The van der Waals surface area contributed by atoms with Gasteiger partial charge in [-0.05, 0) is 154 Å². The Kier molecular flexibility index (Phi) is 69.5. The molecule has 0 fully saturated rings. The average Bonchev–Trinajstić information content (AvgIpc) is 1.06. The second kappa shape index (κ2) is 72.8. The number of phosphoric ester groups is 2. The minimum atomic E-state index is -4.99. The van der Waals surface area contributed by atoms with Gasteiger partial charge in [0.25, 0.3) is 0 Å². The number of unbranched alkanes of at least 4 members (excludes halogenated alkanes) is 26. The number of allylic oxidation sites excluding steroid dienone is 20. The average molecular weight is 1450 g/mol. The van der Waals surface area contributed by atoms with Gasteiger partial charge in [-0.3, -0.25) is 37.3 Å². The first-order valence-electron chi connectivity index (χ1n) is 38.8. The zero-order chi connectivity index (χ0) is 73.2. The molecular weight excluding hydrogens is 1310 g/mol.